The number of nitrogens with zero attached hydrogens (tertiary/aromatic N) is 1. The van der Waals surface area contributed by atoms with Crippen LogP contribution in [0.2, 0.25) is 5.02 Å². The fourth-order valence-electron chi connectivity index (χ4n) is 4.04. The number of nitrogens with one attached hydrogen (secondary N) is 1. The number of pyridine rings is 1. The maximum atomic E-state index is 13.2. The molecule has 0 aliphatic heterocycles. The Hall–Kier alpha value is -2.39. The Morgan fingerprint density at radius 1 is 0.903 bits per heavy atom. The van der Waals surface area contributed by atoms with Crippen LogP contribution >= 0.6 is 11.6 Å². The summed E-state index contributed by atoms with van der Waals surface area (Å²) in [5, 5.41) is 4.72. The van der Waals surface area contributed by atoms with Gasteiger partial charge in [-0.2, -0.15) is 0 Å². The molecular weight excluding hydrogens is 404 g/mol. The van der Waals surface area contributed by atoms with Gasteiger partial charge in [0.2, 0.25) is 0 Å². The first-order valence-corrected chi connectivity index (χ1v) is 11.9. The number of hydrogen-bond acceptors (Lipinski definition) is 2. The van der Waals surface area contributed by atoms with E-state index in [0.717, 1.165) is 39.7 Å². The van der Waals surface area contributed by atoms with Crippen molar-refractivity contribution in [3.8, 4) is 11.3 Å². The summed E-state index contributed by atoms with van der Waals surface area (Å²) in [7, 11) is 0. The molecule has 31 heavy (non-hydrogen) atoms. The van der Waals surface area contributed by atoms with Gasteiger partial charge in [-0.15, -0.1) is 0 Å². The quantitative estimate of drug-likeness (QED) is 0.312. The number of rotatable bonds is 11. The average Bonchev–Trinajstić information content (AvgIpc) is 2.78. The van der Waals surface area contributed by atoms with Gasteiger partial charge in [-0.25, -0.2) is 4.98 Å². The van der Waals surface area contributed by atoms with E-state index < -0.39 is 0 Å². The van der Waals surface area contributed by atoms with Gasteiger partial charge in [0.15, 0.2) is 0 Å². The fourth-order valence-corrected chi connectivity index (χ4v) is 4.16. The summed E-state index contributed by atoms with van der Waals surface area (Å²) < 4.78 is 0. The molecule has 3 rings (SSSR count). The van der Waals surface area contributed by atoms with Crippen molar-refractivity contribution in [3.63, 3.8) is 0 Å². The van der Waals surface area contributed by atoms with Crippen molar-refractivity contribution in [3.05, 3.63) is 64.7 Å². The molecule has 4 heteroatoms. The zero-order valence-electron chi connectivity index (χ0n) is 18.7. The minimum atomic E-state index is -0.0192. The first-order chi connectivity index (χ1) is 15.1. The predicted molar refractivity (Wildman–Crippen MR) is 132 cm³/mol. The minimum Gasteiger partial charge on any atom is -0.352 e. The van der Waals surface area contributed by atoms with E-state index in [4.69, 9.17) is 16.6 Å². The highest BCUT2D eigenvalue weighted by atomic mass is 35.5. The van der Waals surface area contributed by atoms with E-state index in [1.807, 2.05) is 55.5 Å². The number of amides is 1. The lowest BCUT2D eigenvalue weighted by atomic mass is 9.97. The Kier molecular flexibility index (Phi) is 8.90. The van der Waals surface area contributed by atoms with E-state index in [0.29, 0.717) is 11.6 Å². The molecule has 0 unspecified atom stereocenters. The molecule has 0 saturated heterocycles. The van der Waals surface area contributed by atoms with Crippen molar-refractivity contribution in [2.45, 2.75) is 65.2 Å². The normalized spacial score (nSPS) is 11.1. The van der Waals surface area contributed by atoms with Crippen molar-refractivity contribution < 1.29 is 4.79 Å². The highest BCUT2D eigenvalue weighted by Gasteiger charge is 2.18. The second-order valence-corrected chi connectivity index (χ2v) is 8.65. The van der Waals surface area contributed by atoms with Crippen LogP contribution in [-0.4, -0.2) is 17.4 Å². The van der Waals surface area contributed by atoms with Gasteiger partial charge in [0.25, 0.3) is 5.91 Å². The maximum absolute atomic E-state index is 13.2. The molecule has 3 nitrogen and oxygen atoms in total. The molecule has 164 valence electrons. The number of para-hydroxylation sites is 1. The third-order valence-electron chi connectivity index (χ3n) is 5.80. The molecule has 3 aromatic rings. The molecule has 2 aromatic carbocycles. The second-order valence-electron chi connectivity index (χ2n) is 8.22. The summed E-state index contributed by atoms with van der Waals surface area (Å²) in [4.78, 5) is 18.0. The molecule has 1 aromatic heterocycles. The van der Waals surface area contributed by atoms with Crippen LogP contribution in [0.15, 0.2) is 48.5 Å². The third kappa shape index (κ3) is 6.30. The Bertz CT molecular complexity index is 998. The van der Waals surface area contributed by atoms with E-state index in [1.54, 1.807) is 0 Å². The maximum Gasteiger partial charge on any atom is 0.252 e. The standard InChI is InChI=1S/C27H33ClN2O/c1-3-4-5-6-7-8-9-12-19-29-27(31)25-20(2)26(21-15-17-22(28)18-16-21)30-24-14-11-10-13-23(24)25/h10-11,13-18H,3-9,12,19H2,1-2H3,(H,29,31). The largest absolute Gasteiger partial charge is 0.352 e. The van der Waals surface area contributed by atoms with E-state index >= 15 is 0 Å². The van der Waals surface area contributed by atoms with E-state index in [9.17, 15) is 4.79 Å². The third-order valence-corrected chi connectivity index (χ3v) is 6.05. The van der Waals surface area contributed by atoms with Crippen LogP contribution in [0.5, 0.6) is 0 Å². The Labute approximate surface area is 191 Å². The van der Waals surface area contributed by atoms with Crippen molar-refractivity contribution >= 4 is 28.4 Å². The Morgan fingerprint density at radius 2 is 1.55 bits per heavy atom. The highest BCUT2D eigenvalue weighted by molar-refractivity contribution is 6.30. The van der Waals surface area contributed by atoms with Gasteiger partial charge in [0, 0.05) is 22.5 Å². The number of fused-ring (bicyclic) bond motifs is 1. The van der Waals surface area contributed by atoms with Crippen LogP contribution in [0.4, 0.5) is 0 Å². The summed E-state index contributed by atoms with van der Waals surface area (Å²) in [6.07, 6.45) is 10.0. The van der Waals surface area contributed by atoms with Crippen LogP contribution in [-0.2, 0) is 0 Å². The molecule has 0 fully saturated rings. The van der Waals surface area contributed by atoms with E-state index in [1.165, 1.54) is 44.9 Å². The summed E-state index contributed by atoms with van der Waals surface area (Å²) in [6.45, 7) is 4.93. The first kappa shape index (κ1) is 23.3. The van der Waals surface area contributed by atoms with Crippen LogP contribution < -0.4 is 5.32 Å². The summed E-state index contributed by atoms with van der Waals surface area (Å²) in [5.74, 6) is -0.0192. The average molecular weight is 437 g/mol. The van der Waals surface area contributed by atoms with Crippen LogP contribution in [0.25, 0.3) is 22.2 Å². The Morgan fingerprint density at radius 3 is 2.26 bits per heavy atom. The predicted octanol–water partition coefficient (Wildman–Crippen LogP) is 7.73. The molecular formula is C27H33ClN2O. The monoisotopic (exact) mass is 436 g/mol. The van der Waals surface area contributed by atoms with Gasteiger partial charge >= 0.3 is 0 Å². The van der Waals surface area contributed by atoms with Gasteiger partial charge in [-0.1, -0.05) is 93.8 Å². The van der Waals surface area contributed by atoms with Crippen molar-refractivity contribution in [2.24, 2.45) is 0 Å². The molecule has 0 saturated carbocycles. The van der Waals surface area contributed by atoms with Gasteiger partial charge in [0.1, 0.15) is 0 Å². The fraction of sp³-hybridized carbons (Fsp3) is 0.407. The van der Waals surface area contributed by atoms with Crippen molar-refractivity contribution in [1.82, 2.24) is 10.3 Å². The number of benzene rings is 2. The number of unbranched alkanes of at least 4 members (excludes halogenated alkanes) is 7. The van der Waals surface area contributed by atoms with E-state index in [-0.39, 0.29) is 5.91 Å². The van der Waals surface area contributed by atoms with Gasteiger partial charge in [-0.05, 0) is 37.1 Å². The molecule has 0 radical (unpaired) electrons. The number of carbonyl (C=O) groups is 1. The molecule has 0 bridgehead atoms. The van der Waals surface area contributed by atoms with Crippen LogP contribution in [0, 0.1) is 6.92 Å². The number of hydrogen-bond donors (Lipinski definition) is 1. The molecule has 0 atom stereocenters. The van der Waals surface area contributed by atoms with Crippen molar-refractivity contribution in [2.75, 3.05) is 6.54 Å². The molecule has 0 aliphatic rings. The number of carbonyl (C=O) groups excluding carboxylic acids is 1. The summed E-state index contributed by atoms with van der Waals surface area (Å²) in [6, 6.07) is 15.5. The van der Waals surface area contributed by atoms with Gasteiger partial charge in [-0.3, -0.25) is 4.79 Å². The highest BCUT2D eigenvalue weighted by Crippen LogP contribution is 2.30. The number of aromatic nitrogens is 1. The summed E-state index contributed by atoms with van der Waals surface area (Å²) >= 11 is 6.06. The Balaban J connectivity index is 1.69. The molecule has 0 aliphatic carbocycles. The van der Waals surface area contributed by atoms with E-state index in [2.05, 4.69) is 12.2 Å². The number of halogens is 1. The SMILES string of the molecule is CCCCCCCCCCNC(=O)c1c(C)c(-c2ccc(Cl)cc2)nc2ccccc12. The topological polar surface area (TPSA) is 42.0 Å². The lowest BCUT2D eigenvalue weighted by molar-refractivity contribution is 0.0954. The van der Waals surface area contributed by atoms with Crippen LogP contribution in [0.3, 0.4) is 0 Å². The molecule has 1 amide bonds. The zero-order chi connectivity index (χ0) is 22.1. The van der Waals surface area contributed by atoms with Crippen LogP contribution in [0.1, 0.15) is 74.2 Å². The van der Waals surface area contributed by atoms with Gasteiger partial charge < -0.3 is 5.32 Å². The lowest BCUT2D eigenvalue weighted by Gasteiger charge is -2.15. The van der Waals surface area contributed by atoms with Crippen molar-refractivity contribution in [1.29, 1.82) is 0 Å². The molecule has 0 spiro atoms. The smallest absolute Gasteiger partial charge is 0.252 e. The first-order valence-electron chi connectivity index (χ1n) is 11.5. The zero-order valence-corrected chi connectivity index (χ0v) is 19.5. The molecule has 1 N–H and O–H groups in total. The second kappa shape index (κ2) is 11.9. The molecule has 1 heterocycles. The minimum absolute atomic E-state index is 0.0192. The lowest BCUT2D eigenvalue weighted by Crippen LogP contribution is -2.26. The summed E-state index contributed by atoms with van der Waals surface area (Å²) in [5.41, 5.74) is 4.23. The van der Waals surface area contributed by atoms with Gasteiger partial charge in [0.05, 0.1) is 16.8 Å².